The Balaban J connectivity index is 2.11. The standard InChI is InChI=1S/C11H14N4/c1-8-3-2-4-10(12)11(8)14-6-9-5-13-7-15-9/h2-5,7,14H,6,12H2,1H3,(H,13,15). The summed E-state index contributed by atoms with van der Waals surface area (Å²) in [6.45, 7) is 2.74. The topological polar surface area (TPSA) is 66.7 Å². The zero-order valence-corrected chi connectivity index (χ0v) is 8.62. The SMILES string of the molecule is Cc1cccc(N)c1NCc1cnc[nH]1. The van der Waals surface area contributed by atoms with Crippen LogP contribution in [-0.2, 0) is 6.54 Å². The molecule has 0 saturated carbocycles. The second kappa shape index (κ2) is 4.04. The van der Waals surface area contributed by atoms with Gasteiger partial charge in [0.15, 0.2) is 0 Å². The van der Waals surface area contributed by atoms with E-state index >= 15 is 0 Å². The molecular formula is C11H14N4. The Kier molecular flexibility index (Phi) is 2.58. The van der Waals surface area contributed by atoms with Gasteiger partial charge in [-0.2, -0.15) is 0 Å². The second-order valence-electron chi connectivity index (χ2n) is 3.47. The molecule has 0 radical (unpaired) electrons. The number of nitrogens with two attached hydrogens (primary N) is 1. The third-order valence-corrected chi connectivity index (χ3v) is 2.32. The van der Waals surface area contributed by atoms with Gasteiger partial charge in [0.1, 0.15) is 0 Å². The first-order chi connectivity index (χ1) is 7.27. The van der Waals surface area contributed by atoms with Crippen LogP contribution >= 0.6 is 0 Å². The van der Waals surface area contributed by atoms with Crippen molar-refractivity contribution in [2.75, 3.05) is 11.1 Å². The maximum Gasteiger partial charge on any atom is 0.0922 e. The smallest absolute Gasteiger partial charge is 0.0922 e. The molecule has 0 spiro atoms. The van der Waals surface area contributed by atoms with Crippen LogP contribution in [0.5, 0.6) is 0 Å². The molecule has 78 valence electrons. The summed E-state index contributed by atoms with van der Waals surface area (Å²) in [6.07, 6.45) is 3.46. The number of nitrogens with zero attached hydrogens (tertiary/aromatic N) is 1. The molecule has 0 aliphatic heterocycles. The fourth-order valence-corrected chi connectivity index (χ4v) is 1.50. The number of nitrogen functional groups attached to an aromatic ring is 1. The number of imidazole rings is 1. The molecule has 4 nitrogen and oxygen atoms in total. The van der Waals surface area contributed by atoms with Gasteiger partial charge in [-0.3, -0.25) is 0 Å². The van der Waals surface area contributed by atoms with Crippen LogP contribution in [0, 0.1) is 6.92 Å². The van der Waals surface area contributed by atoms with Crippen LogP contribution in [0.4, 0.5) is 11.4 Å². The highest BCUT2D eigenvalue weighted by Crippen LogP contribution is 2.22. The highest BCUT2D eigenvalue weighted by atomic mass is 14.9. The van der Waals surface area contributed by atoms with Crippen LogP contribution in [0.1, 0.15) is 11.3 Å². The minimum absolute atomic E-state index is 0.703. The highest BCUT2D eigenvalue weighted by Gasteiger charge is 2.02. The molecule has 0 aliphatic rings. The summed E-state index contributed by atoms with van der Waals surface area (Å²) in [6, 6.07) is 5.87. The van der Waals surface area contributed by atoms with Gasteiger partial charge in [0.05, 0.1) is 29.9 Å². The Morgan fingerprint density at radius 3 is 3.00 bits per heavy atom. The Hall–Kier alpha value is -1.97. The van der Waals surface area contributed by atoms with E-state index in [0.717, 1.165) is 22.6 Å². The number of aryl methyl sites for hydroxylation is 1. The zero-order valence-electron chi connectivity index (χ0n) is 8.62. The van der Waals surface area contributed by atoms with Gasteiger partial charge < -0.3 is 16.0 Å². The lowest BCUT2D eigenvalue weighted by Crippen LogP contribution is -2.04. The normalized spacial score (nSPS) is 10.2. The number of benzene rings is 1. The van der Waals surface area contributed by atoms with Gasteiger partial charge in [-0.15, -0.1) is 0 Å². The van der Waals surface area contributed by atoms with Gasteiger partial charge in [-0.1, -0.05) is 12.1 Å². The average molecular weight is 202 g/mol. The van der Waals surface area contributed by atoms with Crippen molar-refractivity contribution >= 4 is 11.4 Å². The number of H-pyrrole nitrogens is 1. The molecule has 0 atom stereocenters. The fraction of sp³-hybridized carbons (Fsp3) is 0.182. The van der Waals surface area contributed by atoms with Crippen molar-refractivity contribution in [2.24, 2.45) is 0 Å². The van der Waals surface area contributed by atoms with Crippen molar-refractivity contribution in [1.82, 2.24) is 9.97 Å². The molecule has 0 fully saturated rings. The molecule has 0 amide bonds. The third kappa shape index (κ3) is 2.10. The van der Waals surface area contributed by atoms with Crippen LogP contribution < -0.4 is 11.1 Å². The number of aromatic amines is 1. The minimum atomic E-state index is 0.703. The molecule has 15 heavy (non-hydrogen) atoms. The summed E-state index contributed by atoms with van der Waals surface area (Å²) < 4.78 is 0. The number of para-hydroxylation sites is 1. The van der Waals surface area contributed by atoms with Crippen LogP contribution in [0.15, 0.2) is 30.7 Å². The van der Waals surface area contributed by atoms with E-state index in [9.17, 15) is 0 Å². The molecule has 4 N–H and O–H groups in total. The third-order valence-electron chi connectivity index (χ3n) is 2.32. The lowest BCUT2D eigenvalue weighted by atomic mass is 10.1. The fourth-order valence-electron chi connectivity index (χ4n) is 1.50. The van der Waals surface area contributed by atoms with Crippen molar-refractivity contribution in [3.8, 4) is 0 Å². The van der Waals surface area contributed by atoms with Crippen LogP contribution in [0.25, 0.3) is 0 Å². The van der Waals surface area contributed by atoms with E-state index in [0.29, 0.717) is 6.54 Å². The summed E-state index contributed by atoms with van der Waals surface area (Å²) in [5.41, 5.74) is 9.83. The molecule has 0 saturated heterocycles. The predicted molar refractivity (Wildman–Crippen MR) is 61.5 cm³/mol. The first-order valence-corrected chi connectivity index (χ1v) is 4.83. The number of hydrogen-bond acceptors (Lipinski definition) is 3. The molecule has 4 heteroatoms. The lowest BCUT2D eigenvalue weighted by Gasteiger charge is -2.10. The van der Waals surface area contributed by atoms with Crippen molar-refractivity contribution in [3.63, 3.8) is 0 Å². The summed E-state index contributed by atoms with van der Waals surface area (Å²) in [7, 11) is 0. The highest BCUT2D eigenvalue weighted by molar-refractivity contribution is 5.69. The Morgan fingerprint density at radius 1 is 1.47 bits per heavy atom. The number of nitrogens with one attached hydrogen (secondary N) is 2. The van der Waals surface area contributed by atoms with Gasteiger partial charge >= 0.3 is 0 Å². The molecule has 1 aromatic carbocycles. The van der Waals surface area contributed by atoms with Gasteiger partial charge in [0.25, 0.3) is 0 Å². The van der Waals surface area contributed by atoms with Gasteiger partial charge in [-0.25, -0.2) is 4.98 Å². The average Bonchev–Trinajstić information content (AvgIpc) is 2.70. The molecule has 1 aromatic heterocycles. The Labute approximate surface area is 88.5 Å². The predicted octanol–water partition coefficient (Wildman–Crippen LogP) is 1.91. The van der Waals surface area contributed by atoms with Gasteiger partial charge in [0.2, 0.25) is 0 Å². The first kappa shape index (κ1) is 9.58. The van der Waals surface area contributed by atoms with Crippen molar-refractivity contribution in [2.45, 2.75) is 13.5 Å². The maximum atomic E-state index is 5.87. The Bertz CT molecular complexity index is 414. The summed E-state index contributed by atoms with van der Waals surface area (Å²) in [5.74, 6) is 0. The lowest BCUT2D eigenvalue weighted by molar-refractivity contribution is 1.07. The molecule has 0 bridgehead atoms. The quantitative estimate of drug-likeness (QED) is 0.666. The summed E-state index contributed by atoms with van der Waals surface area (Å²) in [4.78, 5) is 6.98. The van der Waals surface area contributed by atoms with Crippen LogP contribution in [0.3, 0.4) is 0 Å². The van der Waals surface area contributed by atoms with E-state index in [1.54, 1.807) is 12.5 Å². The number of rotatable bonds is 3. The largest absolute Gasteiger partial charge is 0.397 e. The van der Waals surface area contributed by atoms with E-state index in [4.69, 9.17) is 5.73 Å². The first-order valence-electron chi connectivity index (χ1n) is 4.83. The van der Waals surface area contributed by atoms with Crippen molar-refractivity contribution in [1.29, 1.82) is 0 Å². The van der Waals surface area contributed by atoms with Crippen LogP contribution in [-0.4, -0.2) is 9.97 Å². The van der Waals surface area contributed by atoms with Gasteiger partial charge in [0, 0.05) is 6.20 Å². The molecule has 2 rings (SSSR count). The molecule has 0 aliphatic carbocycles. The molecule has 0 unspecified atom stereocenters. The maximum absolute atomic E-state index is 5.87. The monoisotopic (exact) mass is 202 g/mol. The zero-order chi connectivity index (χ0) is 10.7. The second-order valence-corrected chi connectivity index (χ2v) is 3.47. The van der Waals surface area contributed by atoms with E-state index in [1.807, 2.05) is 25.1 Å². The molecule has 2 aromatic rings. The number of aromatic nitrogens is 2. The van der Waals surface area contributed by atoms with Crippen LogP contribution in [0.2, 0.25) is 0 Å². The molecule has 1 heterocycles. The van der Waals surface area contributed by atoms with Crippen molar-refractivity contribution in [3.05, 3.63) is 42.0 Å². The van der Waals surface area contributed by atoms with Gasteiger partial charge in [-0.05, 0) is 18.6 Å². The van der Waals surface area contributed by atoms with E-state index in [-0.39, 0.29) is 0 Å². The van der Waals surface area contributed by atoms with E-state index in [2.05, 4.69) is 15.3 Å². The van der Waals surface area contributed by atoms with E-state index < -0.39 is 0 Å². The number of anilines is 2. The molecular weight excluding hydrogens is 188 g/mol. The summed E-state index contributed by atoms with van der Waals surface area (Å²) >= 11 is 0. The number of hydrogen-bond donors (Lipinski definition) is 3. The summed E-state index contributed by atoms with van der Waals surface area (Å²) in [5, 5.41) is 3.29. The van der Waals surface area contributed by atoms with Crippen molar-refractivity contribution < 1.29 is 0 Å². The minimum Gasteiger partial charge on any atom is -0.397 e. The van der Waals surface area contributed by atoms with E-state index in [1.165, 1.54) is 0 Å². The Morgan fingerprint density at radius 2 is 2.33 bits per heavy atom.